The van der Waals surface area contributed by atoms with Crippen molar-refractivity contribution >= 4 is 29.9 Å². The van der Waals surface area contributed by atoms with E-state index in [1.54, 1.807) is 12.5 Å². The van der Waals surface area contributed by atoms with E-state index in [4.69, 9.17) is 4.99 Å². The van der Waals surface area contributed by atoms with E-state index in [-0.39, 0.29) is 24.0 Å². The minimum absolute atomic E-state index is 0. The third-order valence-corrected chi connectivity index (χ3v) is 5.40. The standard InChI is InChI=1S/C21H32N6.HI/c1-4-23-21(26-19-7-5-18(6-8-19)16(2)3)25-14-17-9-10-24-20(13-17)27-12-11-22-15-27;/h9-13,15-16,18-19H,4-8,14H2,1-3H3,(H2,23,25,26);1H. The predicted molar refractivity (Wildman–Crippen MR) is 125 cm³/mol. The molecule has 154 valence electrons. The van der Waals surface area contributed by atoms with E-state index in [1.807, 2.05) is 23.0 Å². The molecule has 28 heavy (non-hydrogen) atoms. The first-order valence-electron chi connectivity index (χ1n) is 10.1. The van der Waals surface area contributed by atoms with Gasteiger partial charge >= 0.3 is 0 Å². The van der Waals surface area contributed by atoms with Crippen molar-refractivity contribution in [1.82, 2.24) is 25.2 Å². The molecule has 0 saturated heterocycles. The molecule has 2 aromatic rings. The lowest BCUT2D eigenvalue weighted by Gasteiger charge is -2.32. The normalized spacial score (nSPS) is 19.9. The number of imidazole rings is 1. The number of hydrogen-bond donors (Lipinski definition) is 2. The molecule has 3 rings (SSSR count). The fourth-order valence-electron chi connectivity index (χ4n) is 3.71. The van der Waals surface area contributed by atoms with E-state index in [1.165, 1.54) is 25.7 Å². The molecule has 0 amide bonds. The quantitative estimate of drug-likeness (QED) is 0.358. The van der Waals surface area contributed by atoms with Crippen LogP contribution in [0, 0.1) is 11.8 Å². The zero-order valence-electron chi connectivity index (χ0n) is 17.1. The number of nitrogens with one attached hydrogen (secondary N) is 2. The molecule has 0 radical (unpaired) electrons. The zero-order chi connectivity index (χ0) is 19.1. The Hall–Kier alpha value is -1.64. The van der Waals surface area contributed by atoms with Crippen LogP contribution in [0.5, 0.6) is 0 Å². The van der Waals surface area contributed by atoms with Crippen molar-refractivity contribution in [2.75, 3.05) is 6.54 Å². The van der Waals surface area contributed by atoms with Crippen LogP contribution < -0.4 is 10.6 Å². The van der Waals surface area contributed by atoms with Gasteiger partial charge in [-0.3, -0.25) is 4.57 Å². The van der Waals surface area contributed by atoms with Gasteiger partial charge in [0, 0.05) is 31.2 Å². The molecule has 2 N–H and O–H groups in total. The minimum Gasteiger partial charge on any atom is -0.357 e. The Kier molecular flexibility index (Phi) is 9.21. The Bertz CT molecular complexity index is 720. The van der Waals surface area contributed by atoms with Crippen molar-refractivity contribution in [3.8, 4) is 5.82 Å². The van der Waals surface area contributed by atoms with Gasteiger partial charge in [-0.2, -0.15) is 0 Å². The van der Waals surface area contributed by atoms with E-state index < -0.39 is 0 Å². The lowest BCUT2D eigenvalue weighted by molar-refractivity contribution is 0.250. The molecule has 1 saturated carbocycles. The van der Waals surface area contributed by atoms with Crippen LogP contribution in [-0.2, 0) is 6.54 Å². The van der Waals surface area contributed by atoms with Crippen LogP contribution in [0.1, 0.15) is 52.0 Å². The number of hydrogen-bond acceptors (Lipinski definition) is 3. The molecule has 7 heteroatoms. The second kappa shape index (κ2) is 11.4. The Morgan fingerprint density at radius 2 is 2.04 bits per heavy atom. The molecule has 1 fully saturated rings. The summed E-state index contributed by atoms with van der Waals surface area (Å²) in [5.41, 5.74) is 1.13. The molecule has 2 heterocycles. The summed E-state index contributed by atoms with van der Waals surface area (Å²) in [5, 5.41) is 7.02. The molecular formula is C21H33IN6. The molecule has 0 spiro atoms. The van der Waals surface area contributed by atoms with E-state index in [9.17, 15) is 0 Å². The summed E-state index contributed by atoms with van der Waals surface area (Å²) >= 11 is 0. The highest BCUT2D eigenvalue weighted by atomic mass is 127. The van der Waals surface area contributed by atoms with Crippen molar-refractivity contribution in [2.45, 2.75) is 59.0 Å². The van der Waals surface area contributed by atoms with Gasteiger partial charge in [0.05, 0.1) is 6.54 Å². The van der Waals surface area contributed by atoms with Crippen LogP contribution >= 0.6 is 24.0 Å². The summed E-state index contributed by atoms with van der Waals surface area (Å²) in [6.45, 7) is 8.29. The van der Waals surface area contributed by atoms with Crippen LogP contribution in [0.4, 0.5) is 0 Å². The Labute approximate surface area is 185 Å². The van der Waals surface area contributed by atoms with Crippen molar-refractivity contribution in [3.05, 3.63) is 42.6 Å². The summed E-state index contributed by atoms with van der Waals surface area (Å²) in [7, 11) is 0. The van der Waals surface area contributed by atoms with E-state index in [0.29, 0.717) is 12.6 Å². The number of aromatic nitrogens is 3. The van der Waals surface area contributed by atoms with Gasteiger partial charge in [-0.15, -0.1) is 24.0 Å². The summed E-state index contributed by atoms with van der Waals surface area (Å²) in [6, 6.07) is 4.60. The highest BCUT2D eigenvalue weighted by Crippen LogP contribution is 2.29. The molecule has 2 aromatic heterocycles. The molecule has 6 nitrogen and oxygen atoms in total. The summed E-state index contributed by atoms with van der Waals surface area (Å²) in [6.07, 6.45) is 12.3. The van der Waals surface area contributed by atoms with E-state index in [2.05, 4.69) is 47.4 Å². The fourth-order valence-corrected chi connectivity index (χ4v) is 3.71. The number of aliphatic imine (C=N–C) groups is 1. The van der Waals surface area contributed by atoms with Crippen LogP contribution in [0.2, 0.25) is 0 Å². The van der Waals surface area contributed by atoms with E-state index in [0.717, 1.165) is 35.7 Å². The largest absolute Gasteiger partial charge is 0.357 e. The Balaban J connectivity index is 0.00000280. The van der Waals surface area contributed by atoms with Gasteiger partial charge in [0.1, 0.15) is 12.1 Å². The highest BCUT2D eigenvalue weighted by Gasteiger charge is 2.23. The molecule has 0 bridgehead atoms. The summed E-state index contributed by atoms with van der Waals surface area (Å²) in [5.74, 6) is 3.45. The molecule has 0 aromatic carbocycles. The first-order valence-corrected chi connectivity index (χ1v) is 10.1. The number of halogens is 1. The molecule has 0 unspecified atom stereocenters. The SMILES string of the molecule is CCNC(=NCc1ccnc(-n2ccnc2)c1)NC1CCC(C(C)C)CC1.I. The van der Waals surface area contributed by atoms with Gasteiger partial charge in [0.2, 0.25) is 0 Å². The molecule has 0 atom stereocenters. The lowest BCUT2D eigenvalue weighted by atomic mass is 9.80. The van der Waals surface area contributed by atoms with E-state index >= 15 is 0 Å². The second-order valence-electron chi connectivity index (χ2n) is 7.69. The predicted octanol–water partition coefficient (Wildman–Crippen LogP) is 4.16. The van der Waals surface area contributed by atoms with Gasteiger partial charge in [-0.1, -0.05) is 13.8 Å². The average Bonchev–Trinajstić information content (AvgIpc) is 3.22. The van der Waals surface area contributed by atoms with Gasteiger partial charge in [-0.25, -0.2) is 15.0 Å². The second-order valence-corrected chi connectivity index (χ2v) is 7.69. The van der Waals surface area contributed by atoms with Gasteiger partial charge < -0.3 is 10.6 Å². The third kappa shape index (κ3) is 6.46. The molecule has 0 aliphatic heterocycles. The smallest absolute Gasteiger partial charge is 0.191 e. The fraction of sp³-hybridized carbons (Fsp3) is 0.571. The number of rotatable bonds is 6. The lowest BCUT2D eigenvalue weighted by Crippen LogP contribution is -2.45. The number of nitrogens with zero attached hydrogens (tertiary/aromatic N) is 4. The van der Waals surface area contributed by atoms with Gasteiger partial charge in [0.15, 0.2) is 5.96 Å². The first kappa shape index (κ1) is 22.6. The number of pyridine rings is 1. The minimum atomic E-state index is 0. The summed E-state index contributed by atoms with van der Waals surface area (Å²) in [4.78, 5) is 13.3. The Morgan fingerprint density at radius 3 is 2.68 bits per heavy atom. The maximum atomic E-state index is 4.80. The Morgan fingerprint density at radius 1 is 1.25 bits per heavy atom. The molecular weight excluding hydrogens is 463 g/mol. The maximum absolute atomic E-state index is 4.80. The van der Waals surface area contributed by atoms with Gasteiger partial charge in [0.25, 0.3) is 0 Å². The van der Waals surface area contributed by atoms with Crippen LogP contribution in [0.3, 0.4) is 0 Å². The van der Waals surface area contributed by atoms with Crippen molar-refractivity contribution in [2.24, 2.45) is 16.8 Å². The average molecular weight is 496 g/mol. The van der Waals surface area contributed by atoms with Crippen molar-refractivity contribution < 1.29 is 0 Å². The van der Waals surface area contributed by atoms with Crippen molar-refractivity contribution in [3.63, 3.8) is 0 Å². The number of guanidine groups is 1. The zero-order valence-corrected chi connectivity index (χ0v) is 19.5. The van der Waals surface area contributed by atoms with Crippen LogP contribution in [0.15, 0.2) is 42.0 Å². The molecule has 1 aliphatic carbocycles. The third-order valence-electron chi connectivity index (χ3n) is 5.40. The van der Waals surface area contributed by atoms with Crippen molar-refractivity contribution in [1.29, 1.82) is 0 Å². The molecule has 1 aliphatic rings. The highest BCUT2D eigenvalue weighted by molar-refractivity contribution is 14.0. The first-order chi connectivity index (χ1) is 13.2. The topological polar surface area (TPSA) is 67.1 Å². The van der Waals surface area contributed by atoms with Gasteiger partial charge in [-0.05, 0) is 62.1 Å². The van der Waals surface area contributed by atoms with Crippen LogP contribution in [0.25, 0.3) is 5.82 Å². The van der Waals surface area contributed by atoms with Crippen LogP contribution in [-0.4, -0.2) is 33.1 Å². The maximum Gasteiger partial charge on any atom is 0.191 e. The monoisotopic (exact) mass is 496 g/mol. The summed E-state index contributed by atoms with van der Waals surface area (Å²) < 4.78 is 1.91.